The van der Waals surface area contributed by atoms with Gasteiger partial charge in [-0.05, 0) is 31.9 Å². The Bertz CT molecular complexity index is 424. The quantitative estimate of drug-likeness (QED) is 0.874. The van der Waals surface area contributed by atoms with E-state index >= 15 is 0 Å². The first-order valence-corrected chi connectivity index (χ1v) is 7.39. The zero-order valence-electron chi connectivity index (χ0n) is 9.35. The van der Waals surface area contributed by atoms with E-state index in [0.29, 0.717) is 5.75 Å². The molecule has 0 bridgehead atoms. The topological polar surface area (TPSA) is 59.3 Å². The van der Waals surface area contributed by atoms with Crippen molar-refractivity contribution < 1.29 is 12.8 Å². The summed E-state index contributed by atoms with van der Waals surface area (Å²) in [6.07, 6.45) is 3.31. The average Bonchev–Trinajstić information content (AvgIpc) is 2.68. The van der Waals surface area contributed by atoms with Crippen molar-refractivity contribution in [1.29, 1.82) is 0 Å². The van der Waals surface area contributed by atoms with Gasteiger partial charge in [-0.1, -0.05) is 0 Å². The molecule has 5 heteroatoms. The highest BCUT2D eigenvalue weighted by Gasteiger charge is 2.26. The molecule has 0 radical (unpaired) electrons. The maximum atomic E-state index is 11.5. The third kappa shape index (κ3) is 2.86. The molecule has 1 unspecified atom stereocenters. The van der Waals surface area contributed by atoms with Gasteiger partial charge in [0, 0.05) is 6.04 Å². The van der Waals surface area contributed by atoms with Crippen molar-refractivity contribution in [1.82, 2.24) is 5.32 Å². The van der Waals surface area contributed by atoms with Crippen LogP contribution in [0.4, 0.5) is 0 Å². The fourth-order valence-electron chi connectivity index (χ4n) is 2.13. The van der Waals surface area contributed by atoms with Gasteiger partial charge in [0.1, 0.15) is 5.76 Å². The van der Waals surface area contributed by atoms with Gasteiger partial charge in [-0.15, -0.1) is 0 Å². The second-order valence-electron chi connectivity index (χ2n) is 4.36. The van der Waals surface area contributed by atoms with Crippen molar-refractivity contribution in [3.05, 3.63) is 24.2 Å². The molecule has 1 aromatic heterocycles. The van der Waals surface area contributed by atoms with E-state index in [1.165, 1.54) is 0 Å². The monoisotopic (exact) mass is 243 g/mol. The highest BCUT2D eigenvalue weighted by atomic mass is 32.2. The molecule has 1 fully saturated rings. The summed E-state index contributed by atoms with van der Waals surface area (Å²) in [6, 6.07) is 3.85. The fourth-order valence-corrected chi connectivity index (χ4v) is 3.78. The van der Waals surface area contributed by atoms with Crippen molar-refractivity contribution in [3.63, 3.8) is 0 Å². The summed E-state index contributed by atoms with van der Waals surface area (Å²) < 4.78 is 28.2. The molecule has 90 valence electrons. The minimum absolute atomic E-state index is 0.0545. The van der Waals surface area contributed by atoms with Crippen LogP contribution in [0.15, 0.2) is 22.8 Å². The molecule has 1 N–H and O–H groups in total. The lowest BCUT2D eigenvalue weighted by atomic mass is 10.1. The molecule has 0 aromatic carbocycles. The van der Waals surface area contributed by atoms with Gasteiger partial charge >= 0.3 is 0 Å². The molecule has 4 nitrogen and oxygen atoms in total. The molecule has 1 saturated heterocycles. The Labute approximate surface area is 95.9 Å². The molecule has 1 aromatic rings. The van der Waals surface area contributed by atoms with Gasteiger partial charge in [0.05, 0.1) is 23.8 Å². The van der Waals surface area contributed by atoms with Gasteiger partial charge in [0.15, 0.2) is 9.84 Å². The minimum Gasteiger partial charge on any atom is -0.468 e. The third-order valence-corrected chi connectivity index (χ3v) is 4.74. The second kappa shape index (κ2) is 4.59. The largest absolute Gasteiger partial charge is 0.468 e. The molecule has 1 aliphatic rings. The second-order valence-corrected chi connectivity index (χ2v) is 6.59. The maximum absolute atomic E-state index is 11.5. The molecule has 16 heavy (non-hydrogen) atoms. The predicted molar refractivity (Wildman–Crippen MR) is 61.9 cm³/mol. The van der Waals surface area contributed by atoms with Gasteiger partial charge in [-0.3, -0.25) is 0 Å². The van der Waals surface area contributed by atoms with Gasteiger partial charge in [-0.2, -0.15) is 0 Å². The maximum Gasteiger partial charge on any atom is 0.151 e. The number of sulfone groups is 1. The molecule has 0 saturated carbocycles. The smallest absolute Gasteiger partial charge is 0.151 e. The summed E-state index contributed by atoms with van der Waals surface area (Å²) in [5.74, 6) is 1.43. The van der Waals surface area contributed by atoms with Crippen molar-refractivity contribution in [2.75, 3.05) is 11.5 Å². The van der Waals surface area contributed by atoms with Crippen LogP contribution in [-0.4, -0.2) is 26.0 Å². The van der Waals surface area contributed by atoms with Crippen LogP contribution in [0.25, 0.3) is 0 Å². The number of furan rings is 1. The number of hydrogen-bond donors (Lipinski definition) is 1. The average molecular weight is 243 g/mol. The summed E-state index contributed by atoms with van der Waals surface area (Å²) in [4.78, 5) is 0. The molecule has 2 heterocycles. The lowest BCUT2D eigenvalue weighted by Gasteiger charge is -2.25. The Morgan fingerprint density at radius 1 is 1.56 bits per heavy atom. The van der Waals surface area contributed by atoms with Gasteiger partial charge in [0.2, 0.25) is 0 Å². The van der Waals surface area contributed by atoms with E-state index < -0.39 is 9.84 Å². The van der Waals surface area contributed by atoms with Crippen LogP contribution in [-0.2, 0) is 9.84 Å². The zero-order valence-corrected chi connectivity index (χ0v) is 10.2. The van der Waals surface area contributed by atoms with E-state index in [4.69, 9.17) is 4.42 Å². The van der Waals surface area contributed by atoms with Crippen LogP contribution in [0, 0.1) is 0 Å². The number of rotatable bonds is 3. The van der Waals surface area contributed by atoms with Crippen LogP contribution in [0.1, 0.15) is 31.6 Å². The van der Waals surface area contributed by atoms with Gasteiger partial charge in [-0.25, -0.2) is 8.42 Å². The molecule has 0 aliphatic carbocycles. The van der Waals surface area contributed by atoms with E-state index in [2.05, 4.69) is 5.32 Å². The Balaban J connectivity index is 1.95. The van der Waals surface area contributed by atoms with Crippen molar-refractivity contribution >= 4 is 9.84 Å². The molecule has 1 aliphatic heterocycles. The molecule has 2 atom stereocenters. The number of nitrogens with one attached hydrogen (secondary N) is 1. The summed E-state index contributed by atoms with van der Waals surface area (Å²) in [5, 5.41) is 3.30. The first-order valence-electron chi connectivity index (χ1n) is 5.57. The van der Waals surface area contributed by atoms with E-state index in [0.717, 1.165) is 18.6 Å². The molecule has 2 rings (SSSR count). The Morgan fingerprint density at radius 3 is 3.00 bits per heavy atom. The Kier molecular flexibility index (Phi) is 3.35. The van der Waals surface area contributed by atoms with Gasteiger partial charge in [0.25, 0.3) is 0 Å². The van der Waals surface area contributed by atoms with E-state index in [9.17, 15) is 8.42 Å². The van der Waals surface area contributed by atoms with Crippen LogP contribution in [0.5, 0.6) is 0 Å². The summed E-state index contributed by atoms with van der Waals surface area (Å²) in [7, 11) is -2.84. The zero-order chi connectivity index (χ0) is 11.6. The minimum atomic E-state index is -2.84. The molecular formula is C11H17NO3S. The highest BCUT2D eigenvalue weighted by Crippen LogP contribution is 2.18. The number of hydrogen-bond acceptors (Lipinski definition) is 4. The van der Waals surface area contributed by atoms with Crippen LogP contribution >= 0.6 is 0 Å². The Morgan fingerprint density at radius 2 is 2.38 bits per heavy atom. The molecule has 0 spiro atoms. The van der Waals surface area contributed by atoms with E-state index in [1.807, 2.05) is 19.1 Å². The van der Waals surface area contributed by atoms with E-state index in [-0.39, 0.29) is 17.8 Å². The SMILES string of the molecule is C[C@H](NC1CCCS(=O)(=O)C1)c1ccco1. The molecular weight excluding hydrogens is 226 g/mol. The van der Waals surface area contributed by atoms with Gasteiger partial charge < -0.3 is 9.73 Å². The Hall–Kier alpha value is -0.810. The first-order chi connectivity index (χ1) is 7.57. The van der Waals surface area contributed by atoms with Crippen molar-refractivity contribution in [3.8, 4) is 0 Å². The highest BCUT2D eigenvalue weighted by molar-refractivity contribution is 7.91. The van der Waals surface area contributed by atoms with Crippen molar-refractivity contribution in [2.24, 2.45) is 0 Å². The third-order valence-electron chi connectivity index (χ3n) is 2.92. The van der Waals surface area contributed by atoms with Crippen LogP contribution in [0.3, 0.4) is 0 Å². The first kappa shape index (κ1) is 11.7. The standard InChI is InChI=1S/C11H17NO3S/c1-9(11-5-2-6-15-11)12-10-4-3-7-16(13,14)8-10/h2,5-6,9-10,12H,3-4,7-8H2,1H3/t9-,10?/m0/s1. The lowest BCUT2D eigenvalue weighted by Crippen LogP contribution is -2.41. The summed E-state index contributed by atoms with van der Waals surface area (Å²) >= 11 is 0. The predicted octanol–water partition coefficient (Wildman–Crippen LogP) is 1.51. The summed E-state index contributed by atoms with van der Waals surface area (Å²) in [6.45, 7) is 1.99. The van der Waals surface area contributed by atoms with Crippen molar-refractivity contribution in [2.45, 2.75) is 31.8 Å². The normalized spacial score (nSPS) is 26.4. The summed E-state index contributed by atoms with van der Waals surface area (Å²) in [5.41, 5.74) is 0. The molecule has 0 amide bonds. The van der Waals surface area contributed by atoms with E-state index in [1.54, 1.807) is 6.26 Å². The van der Waals surface area contributed by atoms with Crippen LogP contribution in [0.2, 0.25) is 0 Å². The van der Waals surface area contributed by atoms with Crippen LogP contribution < -0.4 is 5.32 Å². The fraction of sp³-hybridized carbons (Fsp3) is 0.636. The lowest BCUT2D eigenvalue weighted by molar-refractivity contribution is 0.382.